The van der Waals surface area contributed by atoms with Crippen molar-refractivity contribution in [3.63, 3.8) is 0 Å². The summed E-state index contributed by atoms with van der Waals surface area (Å²) in [7, 11) is -4.01. The summed E-state index contributed by atoms with van der Waals surface area (Å²) in [4.78, 5) is 11.9. The van der Waals surface area contributed by atoms with Gasteiger partial charge in [-0.25, -0.2) is 8.42 Å². The van der Waals surface area contributed by atoms with Crippen molar-refractivity contribution in [1.29, 1.82) is 0 Å². The van der Waals surface area contributed by atoms with E-state index in [1.807, 2.05) is 0 Å². The highest BCUT2D eigenvalue weighted by Crippen LogP contribution is 2.25. The van der Waals surface area contributed by atoms with Gasteiger partial charge in [0.1, 0.15) is 4.90 Å². The van der Waals surface area contributed by atoms with E-state index in [1.54, 1.807) is 24.3 Å². The predicted molar refractivity (Wildman–Crippen MR) is 96.3 cm³/mol. The van der Waals surface area contributed by atoms with E-state index >= 15 is 0 Å². The van der Waals surface area contributed by atoms with Gasteiger partial charge in [-0.3, -0.25) is 4.79 Å². The third-order valence-corrected chi connectivity index (χ3v) is 5.49. The van der Waals surface area contributed by atoms with Crippen molar-refractivity contribution in [3.8, 4) is 0 Å². The van der Waals surface area contributed by atoms with Crippen molar-refractivity contribution in [2.75, 3.05) is 5.32 Å². The van der Waals surface area contributed by atoms with E-state index in [0.717, 1.165) is 0 Å². The molecule has 0 aliphatic heterocycles. The molecule has 9 heteroatoms. The molecule has 1 atom stereocenters. The second-order valence-electron chi connectivity index (χ2n) is 4.92. The number of sulfonamides is 1. The van der Waals surface area contributed by atoms with Gasteiger partial charge >= 0.3 is 0 Å². The summed E-state index contributed by atoms with van der Waals surface area (Å²) >= 11 is 17.5. The van der Waals surface area contributed by atoms with Gasteiger partial charge in [0.25, 0.3) is 0 Å². The van der Waals surface area contributed by atoms with Crippen molar-refractivity contribution >= 4 is 56.4 Å². The van der Waals surface area contributed by atoms with Gasteiger partial charge in [-0.15, -0.1) is 0 Å². The third-order valence-electron chi connectivity index (χ3n) is 3.00. The molecule has 0 saturated carbocycles. The molecule has 2 aromatic carbocycles. The van der Waals surface area contributed by atoms with Crippen LogP contribution in [0.5, 0.6) is 0 Å². The van der Waals surface area contributed by atoms with Crippen LogP contribution in [0.2, 0.25) is 15.1 Å². The SMILES string of the molecule is CC(NS(=O)(=O)c1cc(Cl)ccc1Cl)C(=O)Nc1cccc(Cl)c1. The Morgan fingerprint density at radius 3 is 2.38 bits per heavy atom. The van der Waals surface area contributed by atoms with Crippen molar-refractivity contribution in [3.05, 3.63) is 57.5 Å². The van der Waals surface area contributed by atoms with E-state index in [9.17, 15) is 13.2 Å². The molecule has 1 unspecified atom stereocenters. The molecular weight excluding hydrogens is 395 g/mol. The fourth-order valence-corrected chi connectivity index (χ4v) is 4.01. The smallest absolute Gasteiger partial charge is 0.242 e. The predicted octanol–water partition coefficient (Wildman–Crippen LogP) is 3.95. The number of anilines is 1. The normalized spacial score (nSPS) is 12.7. The molecule has 2 aromatic rings. The van der Waals surface area contributed by atoms with E-state index in [2.05, 4.69) is 10.0 Å². The Morgan fingerprint density at radius 1 is 1.04 bits per heavy atom. The van der Waals surface area contributed by atoms with Crippen LogP contribution in [0.25, 0.3) is 0 Å². The van der Waals surface area contributed by atoms with Gasteiger partial charge in [-0.05, 0) is 43.3 Å². The lowest BCUT2D eigenvalue weighted by Crippen LogP contribution is -2.41. The highest BCUT2D eigenvalue weighted by Gasteiger charge is 2.24. The monoisotopic (exact) mass is 406 g/mol. The fraction of sp³-hybridized carbons (Fsp3) is 0.133. The van der Waals surface area contributed by atoms with Crippen molar-refractivity contribution in [1.82, 2.24) is 4.72 Å². The highest BCUT2D eigenvalue weighted by atomic mass is 35.5. The minimum absolute atomic E-state index is 0.00866. The van der Waals surface area contributed by atoms with Crippen LogP contribution in [0.15, 0.2) is 47.4 Å². The molecule has 0 spiro atoms. The molecule has 0 heterocycles. The highest BCUT2D eigenvalue weighted by molar-refractivity contribution is 7.89. The minimum atomic E-state index is -4.01. The van der Waals surface area contributed by atoms with E-state index in [1.165, 1.54) is 25.1 Å². The zero-order valence-electron chi connectivity index (χ0n) is 12.4. The van der Waals surface area contributed by atoms with E-state index < -0.39 is 22.0 Å². The van der Waals surface area contributed by atoms with Crippen LogP contribution in [0.3, 0.4) is 0 Å². The number of hydrogen-bond donors (Lipinski definition) is 2. The standard InChI is InChI=1S/C15H13Cl3N2O3S/c1-9(15(21)19-12-4-2-3-10(16)7-12)20-24(22,23)14-8-11(17)5-6-13(14)18/h2-9,20H,1H3,(H,19,21). The third kappa shape index (κ3) is 4.84. The Hall–Kier alpha value is -1.31. The molecule has 2 rings (SSSR count). The van der Waals surface area contributed by atoms with Gasteiger partial charge in [-0.2, -0.15) is 4.72 Å². The lowest BCUT2D eigenvalue weighted by Gasteiger charge is -2.15. The molecule has 0 aliphatic carbocycles. The Morgan fingerprint density at radius 2 is 1.71 bits per heavy atom. The molecule has 128 valence electrons. The van der Waals surface area contributed by atoms with E-state index in [4.69, 9.17) is 34.8 Å². The fourth-order valence-electron chi connectivity index (χ4n) is 1.85. The number of rotatable bonds is 5. The van der Waals surface area contributed by atoms with Crippen molar-refractivity contribution in [2.45, 2.75) is 17.9 Å². The first-order valence-electron chi connectivity index (χ1n) is 6.73. The van der Waals surface area contributed by atoms with Gasteiger partial charge < -0.3 is 5.32 Å². The second kappa shape index (κ2) is 7.72. The molecule has 0 radical (unpaired) electrons. The number of hydrogen-bond acceptors (Lipinski definition) is 3. The summed E-state index contributed by atoms with van der Waals surface area (Å²) < 4.78 is 27.0. The first-order valence-corrected chi connectivity index (χ1v) is 9.34. The maximum Gasteiger partial charge on any atom is 0.242 e. The Balaban J connectivity index is 2.14. The van der Waals surface area contributed by atoms with Gasteiger partial charge in [0, 0.05) is 15.7 Å². The van der Waals surface area contributed by atoms with Crippen LogP contribution in [0, 0.1) is 0 Å². The molecule has 5 nitrogen and oxygen atoms in total. The number of carbonyl (C=O) groups is 1. The maximum absolute atomic E-state index is 12.4. The zero-order chi connectivity index (χ0) is 17.9. The van der Waals surface area contributed by atoms with Crippen LogP contribution < -0.4 is 10.0 Å². The summed E-state index contributed by atoms with van der Waals surface area (Å²) in [5, 5.41) is 3.25. The van der Waals surface area contributed by atoms with Crippen LogP contribution in [-0.4, -0.2) is 20.4 Å². The van der Waals surface area contributed by atoms with Crippen LogP contribution in [0.1, 0.15) is 6.92 Å². The number of nitrogens with one attached hydrogen (secondary N) is 2. The first kappa shape index (κ1) is 19.0. The molecule has 0 saturated heterocycles. The van der Waals surface area contributed by atoms with E-state index in [-0.39, 0.29) is 14.9 Å². The zero-order valence-corrected chi connectivity index (χ0v) is 15.5. The number of halogens is 3. The first-order chi connectivity index (χ1) is 11.2. The van der Waals surface area contributed by atoms with Gasteiger partial charge in [0.05, 0.1) is 11.1 Å². The van der Waals surface area contributed by atoms with Gasteiger partial charge in [0.2, 0.25) is 15.9 Å². The Bertz CT molecular complexity index is 872. The lowest BCUT2D eigenvalue weighted by molar-refractivity contribution is -0.117. The maximum atomic E-state index is 12.4. The number of carbonyl (C=O) groups excluding carboxylic acids is 1. The second-order valence-corrected chi connectivity index (χ2v) is 7.88. The van der Waals surface area contributed by atoms with Gasteiger partial charge in [0.15, 0.2) is 0 Å². The largest absolute Gasteiger partial charge is 0.325 e. The molecule has 1 amide bonds. The summed E-state index contributed by atoms with van der Waals surface area (Å²) in [5.41, 5.74) is 0.458. The van der Waals surface area contributed by atoms with E-state index in [0.29, 0.717) is 10.7 Å². The summed E-state index contributed by atoms with van der Waals surface area (Å²) in [5.74, 6) is -0.543. The minimum Gasteiger partial charge on any atom is -0.325 e. The number of benzene rings is 2. The average Bonchev–Trinajstić information content (AvgIpc) is 2.49. The molecule has 0 bridgehead atoms. The Labute approximate surface area is 155 Å². The summed E-state index contributed by atoms with van der Waals surface area (Å²) in [6.45, 7) is 1.41. The molecule has 0 aromatic heterocycles. The topological polar surface area (TPSA) is 75.3 Å². The molecule has 0 fully saturated rings. The molecule has 2 N–H and O–H groups in total. The van der Waals surface area contributed by atoms with Gasteiger partial charge in [-0.1, -0.05) is 40.9 Å². The van der Waals surface area contributed by atoms with Crippen molar-refractivity contribution in [2.24, 2.45) is 0 Å². The molecular formula is C15H13Cl3N2O3S. The summed E-state index contributed by atoms with van der Waals surface area (Å²) in [6.07, 6.45) is 0. The summed E-state index contributed by atoms with van der Waals surface area (Å²) in [6, 6.07) is 9.53. The van der Waals surface area contributed by atoms with Crippen LogP contribution >= 0.6 is 34.8 Å². The van der Waals surface area contributed by atoms with Crippen LogP contribution in [-0.2, 0) is 14.8 Å². The average molecular weight is 408 g/mol. The van der Waals surface area contributed by atoms with Crippen molar-refractivity contribution < 1.29 is 13.2 Å². The lowest BCUT2D eigenvalue weighted by atomic mass is 10.3. The number of amides is 1. The Kier molecular flexibility index (Phi) is 6.11. The van der Waals surface area contributed by atoms with Crippen LogP contribution in [0.4, 0.5) is 5.69 Å². The molecule has 24 heavy (non-hydrogen) atoms. The quantitative estimate of drug-likeness (QED) is 0.788. The molecule has 0 aliphatic rings.